The predicted octanol–water partition coefficient (Wildman–Crippen LogP) is 4.80. The van der Waals surface area contributed by atoms with Gasteiger partial charge in [0.05, 0.1) is 32.3 Å². The summed E-state index contributed by atoms with van der Waals surface area (Å²) in [5.74, 6) is -0.709. The van der Waals surface area contributed by atoms with Crippen LogP contribution in [0.25, 0.3) is 0 Å². The van der Waals surface area contributed by atoms with E-state index in [1.807, 2.05) is 60.7 Å². The number of ether oxygens (including phenoxy) is 2. The molecule has 0 unspecified atom stereocenters. The Hall–Kier alpha value is -5.64. The van der Waals surface area contributed by atoms with Gasteiger partial charge in [0.25, 0.3) is 5.91 Å². The molecule has 226 valence electrons. The first-order valence-electron chi connectivity index (χ1n) is 13.9. The van der Waals surface area contributed by atoms with E-state index in [4.69, 9.17) is 9.47 Å². The van der Waals surface area contributed by atoms with Gasteiger partial charge in [-0.3, -0.25) is 14.4 Å². The minimum atomic E-state index is -0.590. The quantitative estimate of drug-likeness (QED) is 0.228. The molecule has 0 aliphatic heterocycles. The lowest BCUT2D eigenvalue weighted by Crippen LogP contribution is -2.41. The molecule has 0 bridgehead atoms. The molecular formula is C34H34N4O6. The average molecular weight is 595 g/mol. The molecule has 10 heteroatoms. The van der Waals surface area contributed by atoms with Crippen LogP contribution in [0.1, 0.15) is 11.1 Å². The van der Waals surface area contributed by atoms with Crippen LogP contribution in [0.4, 0.5) is 21.9 Å². The molecule has 0 heterocycles. The fourth-order valence-corrected chi connectivity index (χ4v) is 4.33. The summed E-state index contributed by atoms with van der Waals surface area (Å²) in [6.07, 6.45) is 0.0657. The Morgan fingerprint density at radius 2 is 1.41 bits per heavy atom. The second-order valence-corrected chi connectivity index (χ2v) is 9.77. The van der Waals surface area contributed by atoms with Crippen molar-refractivity contribution in [1.29, 1.82) is 0 Å². The summed E-state index contributed by atoms with van der Waals surface area (Å²) in [6.45, 7) is -0.354. The number of hydrogen-bond acceptors (Lipinski definition) is 6. The number of rotatable bonds is 12. The van der Waals surface area contributed by atoms with Gasteiger partial charge in [-0.1, -0.05) is 72.8 Å². The first kappa shape index (κ1) is 31.3. The van der Waals surface area contributed by atoms with E-state index in [0.29, 0.717) is 22.7 Å². The number of hydrogen-bond donors (Lipinski definition) is 2. The molecule has 0 saturated heterocycles. The van der Waals surface area contributed by atoms with Crippen molar-refractivity contribution >= 4 is 40.9 Å². The number of nitrogens with one attached hydrogen (secondary N) is 2. The van der Waals surface area contributed by atoms with Gasteiger partial charge in [-0.2, -0.15) is 0 Å². The third kappa shape index (κ3) is 8.93. The van der Waals surface area contributed by atoms with Crippen LogP contribution in [0.2, 0.25) is 0 Å². The Bertz CT molecular complexity index is 1580. The van der Waals surface area contributed by atoms with Gasteiger partial charge >= 0.3 is 12.0 Å². The maximum atomic E-state index is 13.6. The molecular weight excluding hydrogens is 560 g/mol. The fourth-order valence-electron chi connectivity index (χ4n) is 4.33. The molecule has 4 aromatic rings. The van der Waals surface area contributed by atoms with Gasteiger partial charge in [0.1, 0.15) is 5.75 Å². The summed E-state index contributed by atoms with van der Waals surface area (Å²) in [4.78, 5) is 53.8. The highest BCUT2D eigenvalue weighted by atomic mass is 16.5. The molecule has 4 rings (SSSR count). The van der Waals surface area contributed by atoms with Gasteiger partial charge in [0.2, 0.25) is 5.91 Å². The van der Waals surface area contributed by atoms with E-state index in [1.54, 1.807) is 55.6 Å². The van der Waals surface area contributed by atoms with E-state index in [0.717, 1.165) is 11.3 Å². The predicted molar refractivity (Wildman–Crippen MR) is 169 cm³/mol. The van der Waals surface area contributed by atoms with Crippen molar-refractivity contribution in [3.8, 4) is 5.75 Å². The van der Waals surface area contributed by atoms with Gasteiger partial charge in [-0.25, -0.2) is 4.79 Å². The molecule has 0 spiro atoms. The van der Waals surface area contributed by atoms with Crippen LogP contribution < -0.4 is 25.2 Å². The monoisotopic (exact) mass is 594 g/mol. The molecule has 4 amide bonds. The Kier molecular flexibility index (Phi) is 11.1. The second kappa shape index (κ2) is 15.5. The molecule has 0 aliphatic rings. The van der Waals surface area contributed by atoms with Crippen molar-refractivity contribution in [2.45, 2.75) is 13.0 Å². The average Bonchev–Trinajstić information content (AvgIpc) is 3.05. The van der Waals surface area contributed by atoms with Gasteiger partial charge in [0.15, 0.2) is 6.61 Å². The van der Waals surface area contributed by atoms with Gasteiger partial charge < -0.3 is 29.9 Å². The number of urea groups is 1. The number of carbonyl (C=O) groups is 4. The molecule has 10 nitrogen and oxygen atoms in total. The molecule has 0 saturated carbocycles. The Morgan fingerprint density at radius 3 is 2.14 bits per heavy atom. The number of anilines is 3. The number of benzene rings is 4. The topological polar surface area (TPSA) is 117 Å². The Balaban J connectivity index is 1.46. The van der Waals surface area contributed by atoms with Crippen LogP contribution in [0.15, 0.2) is 109 Å². The summed E-state index contributed by atoms with van der Waals surface area (Å²) in [5.41, 5.74) is 3.18. The van der Waals surface area contributed by atoms with E-state index in [9.17, 15) is 19.2 Å². The summed E-state index contributed by atoms with van der Waals surface area (Å²) < 4.78 is 10.6. The number of amides is 4. The standard InChI is InChI=1S/C34H34N4O6/c1-37(28-16-7-4-8-17-28)32(40)24-44-30-19-10-9-18-29(30)38(23-25-12-5-3-6-13-25)31(39)22-35-34(42)36-27-15-11-14-26(20-27)21-33(41)43-2/h3-20H,21-24H2,1-2H3,(H2,35,36,42). The van der Waals surface area contributed by atoms with Crippen LogP contribution in [0.3, 0.4) is 0 Å². The van der Waals surface area contributed by atoms with Crippen LogP contribution in [-0.4, -0.2) is 51.1 Å². The third-order valence-corrected chi connectivity index (χ3v) is 6.67. The maximum Gasteiger partial charge on any atom is 0.319 e. The van der Waals surface area contributed by atoms with Crippen molar-refractivity contribution in [2.75, 3.05) is 42.4 Å². The van der Waals surface area contributed by atoms with Crippen molar-refractivity contribution in [3.63, 3.8) is 0 Å². The van der Waals surface area contributed by atoms with E-state index >= 15 is 0 Å². The van der Waals surface area contributed by atoms with E-state index in [2.05, 4.69) is 10.6 Å². The number of nitrogens with zero attached hydrogens (tertiary/aromatic N) is 2. The molecule has 0 aliphatic carbocycles. The number of esters is 1. The number of para-hydroxylation sites is 3. The number of carbonyl (C=O) groups excluding carboxylic acids is 4. The molecule has 4 aromatic carbocycles. The summed E-state index contributed by atoms with van der Waals surface area (Å²) in [6, 6.07) is 31.8. The number of likely N-dealkylation sites (N-methyl/N-ethyl adjacent to an activating group) is 1. The lowest BCUT2D eigenvalue weighted by Gasteiger charge is -2.26. The first-order valence-corrected chi connectivity index (χ1v) is 13.9. The molecule has 44 heavy (non-hydrogen) atoms. The van der Waals surface area contributed by atoms with E-state index in [-0.39, 0.29) is 32.0 Å². The lowest BCUT2D eigenvalue weighted by atomic mass is 10.1. The highest BCUT2D eigenvalue weighted by Gasteiger charge is 2.22. The molecule has 0 radical (unpaired) electrons. The van der Waals surface area contributed by atoms with Crippen molar-refractivity contribution in [1.82, 2.24) is 5.32 Å². The maximum absolute atomic E-state index is 13.6. The first-order chi connectivity index (χ1) is 21.3. The van der Waals surface area contributed by atoms with Gasteiger partial charge in [0, 0.05) is 18.4 Å². The van der Waals surface area contributed by atoms with Crippen molar-refractivity contribution in [2.24, 2.45) is 0 Å². The largest absolute Gasteiger partial charge is 0.482 e. The summed E-state index contributed by atoms with van der Waals surface area (Å²) >= 11 is 0. The van der Waals surface area contributed by atoms with Crippen LogP contribution >= 0.6 is 0 Å². The Labute approximate surface area is 256 Å². The zero-order valence-corrected chi connectivity index (χ0v) is 24.6. The molecule has 0 fully saturated rings. The molecule has 0 aromatic heterocycles. The zero-order valence-electron chi connectivity index (χ0n) is 24.6. The molecule has 2 N–H and O–H groups in total. The van der Waals surface area contributed by atoms with Gasteiger partial charge in [-0.05, 0) is 47.5 Å². The highest BCUT2D eigenvalue weighted by molar-refractivity contribution is 5.99. The van der Waals surface area contributed by atoms with Crippen LogP contribution in [0, 0.1) is 0 Å². The minimum absolute atomic E-state index is 0.0657. The second-order valence-electron chi connectivity index (χ2n) is 9.77. The summed E-state index contributed by atoms with van der Waals surface area (Å²) in [7, 11) is 2.98. The normalized spacial score (nSPS) is 10.3. The third-order valence-electron chi connectivity index (χ3n) is 6.67. The SMILES string of the molecule is COC(=O)Cc1cccc(NC(=O)NCC(=O)N(Cc2ccccc2)c2ccccc2OCC(=O)N(C)c2ccccc2)c1. The smallest absolute Gasteiger partial charge is 0.319 e. The van der Waals surface area contributed by atoms with E-state index < -0.39 is 17.9 Å². The van der Waals surface area contributed by atoms with Crippen molar-refractivity contribution in [3.05, 3.63) is 120 Å². The summed E-state index contributed by atoms with van der Waals surface area (Å²) in [5, 5.41) is 5.29. The van der Waals surface area contributed by atoms with Crippen LogP contribution in [-0.2, 0) is 32.1 Å². The van der Waals surface area contributed by atoms with E-state index in [1.165, 1.54) is 16.9 Å². The lowest BCUT2D eigenvalue weighted by molar-refractivity contribution is -0.139. The zero-order chi connectivity index (χ0) is 31.3. The van der Waals surface area contributed by atoms with Crippen LogP contribution in [0.5, 0.6) is 5.75 Å². The minimum Gasteiger partial charge on any atom is -0.482 e. The number of methoxy groups -OCH3 is 1. The highest BCUT2D eigenvalue weighted by Crippen LogP contribution is 2.30. The molecule has 0 atom stereocenters. The Morgan fingerprint density at radius 1 is 0.750 bits per heavy atom. The fraction of sp³-hybridized carbons (Fsp3) is 0.176. The van der Waals surface area contributed by atoms with Crippen molar-refractivity contribution < 1.29 is 28.7 Å². The van der Waals surface area contributed by atoms with Gasteiger partial charge in [-0.15, -0.1) is 0 Å².